The van der Waals surface area contributed by atoms with Crippen LogP contribution in [0.25, 0.3) is 6.08 Å². The molecule has 0 N–H and O–H groups in total. The molecule has 0 saturated carbocycles. The Morgan fingerprint density at radius 3 is 2.42 bits per heavy atom. The molecule has 0 fully saturated rings. The molecule has 0 unspecified atom stereocenters. The molecule has 0 amide bonds. The highest BCUT2D eigenvalue weighted by Crippen LogP contribution is 2.35. The molecular formula is C21H22O3. The van der Waals surface area contributed by atoms with Gasteiger partial charge in [0.25, 0.3) is 0 Å². The van der Waals surface area contributed by atoms with Gasteiger partial charge in [-0.1, -0.05) is 45.0 Å². The Morgan fingerprint density at radius 2 is 1.79 bits per heavy atom. The summed E-state index contributed by atoms with van der Waals surface area (Å²) in [5.41, 5.74) is 2.89. The molecule has 2 aromatic rings. The second-order valence-electron chi connectivity index (χ2n) is 6.90. The normalized spacial score (nSPS) is 15.3. The molecule has 3 heteroatoms. The van der Waals surface area contributed by atoms with E-state index in [2.05, 4.69) is 32.9 Å². The van der Waals surface area contributed by atoms with Crippen LogP contribution in [0.5, 0.6) is 11.5 Å². The molecule has 0 spiro atoms. The Morgan fingerprint density at radius 1 is 1.08 bits per heavy atom. The fourth-order valence-corrected chi connectivity index (χ4v) is 2.65. The summed E-state index contributed by atoms with van der Waals surface area (Å²) < 4.78 is 11.2. The second-order valence-corrected chi connectivity index (χ2v) is 6.90. The van der Waals surface area contributed by atoms with Gasteiger partial charge in [-0.15, -0.1) is 0 Å². The summed E-state index contributed by atoms with van der Waals surface area (Å²) in [4.78, 5) is 12.5. The minimum absolute atomic E-state index is 0.0899. The second kappa shape index (κ2) is 6.16. The number of rotatable bonds is 3. The van der Waals surface area contributed by atoms with Crippen LogP contribution in [0.1, 0.15) is 49.2 Å². The predicted molar refractivity (Wildman–Crippen MR) is 95.7 cm³/mol. The van der Waals surface area contributed by atoms with E-state index in [0.29, 0.717) is 29.4 Å². The highest BCUT2D eigenvalue weighted by Gasteiger charge is 2.27. The molecule has 3 rings (SSSR count). The van der Waals surface area contributed by atoms with Gasteiger partial charge in [-0.3, -0.25) is 4.79 Å². The van der Waals surface area contributed by atoms with Crippen LogP contribution in [0.3, 0.4) is 0 Å². The van der Waals surface area contributed by atoms with Crippen molar-refractivity contribution >= 4 is 11.9 Å². The van der Waals surface area contributed by atoms with E-state index in [9.17, 15) is 4.79 Å². The Bertz CT molecular complexity index is 793. The Labute approximate surface area is 142 Å². The average molecular weight is 322 g/mol. The van der Waals surface area contributed by atoms with Crippen molar-refractivity contribution in [3.8, 4) is 11.5 Å². The van der Waals surface area contributed by atoms with E-state index in [1.165, 1.54) is 5.56 Å². The van der Waals surface area contributed by atoms with Crippen LogP contribution in [0.4, 0.5) is 0 Å². The maximum Gasteiger partial charge on any atom is 0.231 e. The summed E-state index contributed by atoms with van der Waals surface area (Å²) in [7, 11) is 0. The number of hydrogen-bond donors (Lipinski definition) is 0. The number of ether oxygens (including phenoxy) is 2. The first-order valence-electron chi connectivity index (χ1n) is 8.20. The van der Waals surface area contributed by atoms with Crippen LogP contribution in [-0.4, -0.2) is 12.4 Å². The molecule has 1 aliphatic rings. The van der Waals surface area contributed by atoms with Crippen LogP contribution < -0.4 is 9.47 Å². The van der Waals surface area contributed by atoms with Gasteiger partial charge >= 0.3 is 0 Å². The monoisotopic (exact) mass is 322 g/mol. The van der Waals surface area contributed by atoms with Crippen LogP contribution in [0.15, 0.2) is 48.2 Å². The lowest BCUT2D eigenvalue weighted by Gasteiger charge is -2.18. The lowest BCUT2D eigenvalue weighted by Crippen LogP contribution is -2.10. The third kappa shape index (κ3) is 3.21. The fraction of sp³-hybridized carbons (Fsp3) is 0.286. The van der Waals surface area contributed by atoms with E-state index in [1.54, 1.807) is 24.3 Å². The van der Waals surface area contributed by atoms with Crippen LogP contribution in [0, 0.1) is 0 Å². The summed E-state index contributed by atoms with van der Waals surface area (Å²) in [6, 6.07) is 13.5. The summed E-state index contributed by atoms with van der Waals surface area (Å²) in [5, 5.41) is 0. The van der Waals surface area contributed by atoms with Gasteiger partial charge in [-0.25, -0.2) is 0 Å². The minimum Gasteiger partial charge on any atom is -0.494 e. The van der Waals surface area contributed by atoms with Gasteiger partial charge in [0.15, 0.2) is 5.76 Å². The molecule has 124 valence electrons. The first-order chi connectivity index (χ1) is 11.4. The molecule has 2 aromatic carbocycles. The van der Waals surface area contributed by atoms with Crippen molar-refractivity contribution in [1.82, 2.24) is 0 Å². The zero-order valence-electron chi connectivity index (χ0n) is 14.6. The topological polar surface area (TPSA) is 35.5 Å². The van der Waals surface area contributed by atoms with E-state index < -0.39 is 0 Å². The highest BCUT2D eigenvalue weighted by molar-refractivity contribution is 6.14. The first-order valence-corrected chi connectivity index (χ1v) is 8.20. The molecule has 0 aromatic heterocycles. The zero-order valence-corrected chi connectivity index (χ0v) is 14.6. The van der Waals surface area contributed by atoms with Gasteiger partial charge in [0.2, 0.25) is 5.78 Å². The van der Waals surface area contributed by atoms with Gasteiger partial charge in [-0.2, -0.15) is 0 Å². The number of carbonyl (C=O) groups is 1. The molecule has 0 radical (unpaired) electrons. The lowest BCUT2D eigenvalue weighted by atomic mass is 9.86. The number of hydrogen-bond acceptors (Lipinski definition) is 3. The zero-order chi connectivity index (χ0) is 17.3. The third-order valence-corrected chi connectivity index (χ3v) is 4.03. The van der Waals surface area contributed by atoms with E-state index in [1.807, 2.05) is 19.1 Å². The number of Topliss-reactive ketones (excluding diaryl/α,β-unsaturated/α-hetero) is 1. The SMILES string of the molecule is CCOc1ccc2c(c1)OC(=Cc1ccc(C(C)(C)C)cc1)C2=O. The lowest BCUT2D eigenvalue weighted by molar-refractivity contribution is 0.101. The van der Waals surface area contributed by atoms with Crippen LogP contribution >= 0.6 is 0 Å². The first kappa shape index (κ1) is 16.3. The molecular weight excluding hydrogens is 300 g/mol. The summed E-state index contributed by atoms with van der Waals surface area (Å²) in [6.45, 7) is 9.03. The van der Waals surface area contributed by atoms with Crippen molar-refractivity contribution < 1.29 is 14.3 Å². The Balaban J connectivity index is 1.85. The average Bonchev–Trinajstić information content (AvgIpc) is 2.83. The van der Waals surface area contributed by atoms with E-state index in [-0.39, 0.29) is 11.2 Å². The number of ketones is 1. The number of carbonyl (C=O) groups excluding carboxylic acids is 1. The molecule has 1 heterocycles. The number of allylic oxidation sites excluding steroid dienone is 1. The highest BCUT2D eigenvalue weighted by atomic mass is 16.5. The van der Waals surface area contributed by atoms with Crippen LogP contribution in [0.2, 0.25) is 0 Å². The molecule has 1 aliphatic heterocycles. The molecule has 0 saturated heterocycles. The van der Waals surface area contributed by atoms with Crippen molar-refractivity contribution in [2.75, 3.05) is 6.61 Å². The van der Waals surface area contributed by atoms with E-state index >= 15 is 0 Å². The van der Waals surface area contributed by atoms with Crippen LogP contribution in [-0.2, 0) is 5.41 Å². The summed E-state index contributed by atoms with van der Waals surface area (Å²) >= 11 is 0. The van der Waals surface area contributed by atoms with E-state index in [0.717, 1.165) is 5.56 Å². The van der Waals surface area contributed by atoms with Gasteiger partial charge in [-0.05, 0) is 41.7 Å². The fourth-order valence-electron chi connectivity index (χ4n) is 2.65. The maximum atomic E-state index is 12.5. The van der Waals surface area contributed by atoms with Crippen molar-refractivity contribution in [3.63, 3.8) is 0 Å². The Hall–Kier alpha value is -2.55. The quantitative estimate of drug-likeness (QED) is 0.746. The van der Waals surface area contributed by atoms with Crippen molar-refractivity contribution in [2.24, 2.45) is 0 Å². The van der Waals surface area contributed by atoms with Gasteiger partial charge in [0.05, 0.1) is 12.2 Å². The largest absolute Gasteiger partial charge is 0.494 e. The summed E-state index contributed by atoms with van der Waals surface area (Å²) in [5.74, 6) is 1.53. The standard InChI is InChI=1S/C21H22O3/c1-5-23-16-10-11-17-18(13-16)24-19(20(17)22)12-14-6-8-15(9-7-14)21(2,3)4/h6-13H,5H2,1-4H3. The Kier molecular flexibility index (Phi) is 4.18. The number of fused-ring (bicyclic) bond motifs is 1. The van der Waals surface area contributed by atoms with Crippen molar-refractivity contribution in [3.05, 3.63) is 64.9 Å². The van der Waals surface area contributed by atoms with Crippen molar-refractivity contribution in [1.29, 1.82) is 0 Å². The smallest absolute Gasteiger partial charge is 0.231 e. The van der Waals surface area contributed by atoms with Crippen molar-refractivity contribution in [2.45, 2.75) is 33.1 Å². The molecule has 24 heavy (non-hydrogen) atoms. The predicted octanol–water partition coefficient (Wildman–Crippen LogP) is 5.00. The maximum absolute atomic E-state index is 12.5. The minimum atomic E-state index is -0.0899. The molecule has 3 nitrogen and oxygen atoms in total. The van der Waals surface area contributed by atoms with E-state index in [4.69, 9.17) is 9.47 Å². The molecule has 0 atom stereocenters. The van der Waals surface area contributed by atoms with Gasteiger partial charge < -0.3 is 9.47 Å². The third-order valence-electron chi connectivity index (χ3n) is 4.03. The summed E-state index contributed by atoms with van der Waals surface area (Å²) in [6.07, 6.45) is 1.79. The van der Waals surface area contributed by atoms with Gasteiger partial charge in [0.1, 0.15) is 11.5 Å². The molecule has 0 bridgehead atoms. The number of benzene rings is 2. The van der Waals surface area contributed by atoms with Gasteiger partial charge in [0, 0.05) is 6.07 Å². The molecule has 0 aliphatic carbocycles.